The Morgan fingerprint density at radius 1 is 1.19 bits per heavy atom. The molecule has 1 unspecified atom stereocenters. The second-order valence-corrected chi connectivity index (χ2v) is 5.75. The molecule has 2 N–H and O–H groups in total. The Bertz CT molecular complexity index is 636. The molecule has 110 valence electrons. The molecule has 0 radical (unpaired) electrons. The molecule has 0 saturated carbocycles. The van der Waals surface area contributed by atoms with E-state index in [1.807, 2.05) is 12.1 Å². The molecule has 0 spiro atoms. The number of anilines is 1. The first-order chi connectivity index (χ1) is 10.2. The zero-order valence-electron chi connectivity index (χ0n) is 12.5. The van der Waals surface area contributed by atoms with Crippen molar-refractivity contribution in [3.63, 3.8) is 0 Å². The minimum absolute atomic E-state index is 0.0705. The number of hydrogen-bond donors (Lipinski definition) is 2. The molecule has 0 amide bonds. The van der Waals surface area contributed by atoms with E-state index in [-0.39, 0.29) is 6.61 Å². The van der Waals surface area contributed by atoms with Crippen molar-refractivity contribution in [3.05, 3.63) is 59.2 Å². The maximum atomic E-state index is 10.0. The van der Waals surface area contributed by atoms with Crippen LogP contribution in [0.2, 0.25) is 0 Å². The van der Waals surface area contributed by atoms with Crippen LogP contribution in [0.1, 0.15) is 23.1 Å². The average Bonchev–Trinajstić information content (AvgIpc) is 2.88. The highest BCUT2D eigenvalue weighted by atomic mass is 16.5. The summed E-state index contributed by atoms with van der Waals surface area (Å²) in [6.45, 7) is 2.14. The topological polar surface area (TPSA) is 41.5 Å². The third-order valence-electron chi connectivity index (χ3n) is 4.36. The van der Waals surface area contributed by atoms with Crippen LogP contribution >= 0.6 is 0 Å². The number of benzene rings is 2. The number of ether oxygens (including phenoxy) is 1. The smallest absolute Gasteiger partial charge is 0.119 e. The molecule has 1 aliphatic rings. The molecule has 0 heterocycles. The van der Waals surface area contributed by atoms with Crippen LogP contribution in [0.3, 0.4) is 0 Å². The van der Waals surface area contributed by atoms with E-state index >= 15 is 0 Å². The van der Waals surface area contributed by atoms with Crippen molar-refractivity contribution in [2.75, 3.05) is 19.0 Å². The summed E-state index contributed by atoms with van der Waals surface area (Å²) < 4.78 is 5.33. The fourth-order valence-corrected chi connectivity index (χ4v) is 3.08. The predicted octanol–water partition coefficient (Wildman–Crippen LogP) is 3.25. The first-order valence-electron chi connectivity index (χ1n) is 7.30. The largest absolute Gasteiger partial charge is 0.497 e. The number of methoxy groups -OCH3 is 1. The summed E-state index contributed by atoms with van der Waals surface area (Å²) in [5.41, 5.74) is 4.27. The Morgan fingerprint density at radius 3 is 2.62 bits per heavy atom. The highest BCUT2D eigenvalue weighted by Crippen LogP contribution is 2.41. The van der Waals surface area contributed by atoms with Crippen molar-refractivity contribution in [1.82, 2.24) is 0 Å². The van der Waals surface area contributed by atoms with E-state index in [9.17, 15) is 5.11 Å². The van der Waals surface area contributed by atoms with Crippen molar-refractivity contribution < 1.29 is 9.84 Å². The van der Waals surface area contributed by atoms with E-state index in [1.165, 1.54) is 11.1 Å². The summed E-state index contributed by atoms with van der Waals surface area (Å²) in [5, 5.41) is 13.6. The minimum Gasteiger partial charge on any atom is -0.497 e. The van der Waals surface area contributed by atoms with Crippen LogP contribution in [0, 0.1) is 6.92 Å². The van der Waals surface area contributed by atoms with Gasteiger partial charge in [-0.1, -0.05) is 23.8 Å². The summed E-state index contributed by atoms with van der Waals surface area (Å²) in [5.74, 6) is 0.833. The van der Waals surface area contributed by atoms with Gasteiger partial charge in [-0.3, -0.25) is 0 Å². The summed E-state index contributed by atoms with van der Waals surface area (Å²) >= 11 is 0. The van der Waals surface area contributed by atoms with Gasteiger partial charge in [0.2, 0.25) is 0 Å². The molecule has 0 saturated heterocycles. The molecule has 2 aromatic carbocycles. The van der Waals surface area contributed by atoms with Gasteiger partial charge < -0.3 is 15.2 Å². The second kappa shape index (κ2) is 5.41. The summed E-state index contributed by atoms with van der Waals surface area (Å²) in [6.07, 6.45) is 1.86. The number of rotatable bonds is 4. The lowest BCUT2D eigenvalue weighted by atomic mass is 9.92. The van der Waals surface area contributed by atoms with Crippen LogP contribution in [0.5, 0.6) is 5.75 Å². The van der Waals surface area contributed by atoms with Gasteiger partial charge in [-0.05, 0) is 55.2 Å². The van der Waals surface area contributed by atoms with E-state index in [0.29, 0.717) is 0 Å². The molecule has 0 aliphatic heterocycles. The average molecular weight is 283 g/mol. The lowest BCUT2D eigenvalue weighted by Gasteiger charge is -2.31. The Kier molecular flexibility index (Phi) is 3.60. The second-order valence-electron chi connectivity index (χ2n) is 5.75. The van der Waals surface area contributed by atoms with E-state index in [2.05, 4.69) is 42.6 Å². The minimum atomic E-state index is -0.418. The maximum Gasteiger partial charge on any atom is 0.119 e. The fourth-order valence-electron chi connectivity index (χ4n) is 3.08. The Balaban J connectivity index is 1.97. The third kappa shape index (κ3) is 2.49. The van der Waals surface area contributed by atoms with Crippen LogP contribution in [0.25, 0.3) is 0 Å². The van der Waals surface area contributed by atoms with Crippen LogP contribution in [-0.2, 0) is 12.0 Å². The molecule has 2 aromatic rings. The van der Waals surface area contributed by atoms with Gasteiger partial charge in [0.05, 0.1) is 19.3 Å². The van der Waals surface area contributed by atoms with Gasteiger partial charge in [0.25, 0.3) is 0 Å². The number of aliphatic hydroxyl groups excluding tert-OH is 1. The van der Waals surface area contributed by atoms with Gasteiger partial charge in [-0.2, -0.15) is 0 Å². The van der Waals surface area contributed by atoms with Gasteiger partial charge >= 0.3 is 0 Å². The molecule has 21 heavy (non-hydrogen) atoms. The molecule has 3 heteroatoms. The van der Waals surface area contributed by atoms with E-state index in [4.69, 9.17) is 4.74 Å². The van der Waals surface area contributed by atoms with E-state index in [1.54, 1.807) is 7.11 Å². The summed E-state index contributed by atoms with van der Waals surface area (Å²) in [4.78, 5) is 0. The monoisotopic (exact) mass is 283 g/mol. The molecular weight excluding hydrogens is 262 g/mol. The highest BCUT2D eigenvalue weighted by molar-refractivity contribution is 5.54. The normalized spacial score (nSPS) is 20.1. The molecule has 0 aromatic heterocycles. The Labute approximate surface area is 125 Å². The number of aryl methyl sites for hydroxylation is 2. The molecule has 3 rings (SSSR count). The van der Waals surface area contributed by atoms with Gasteiger partial charge in [-0.25, -0.2) is 0 Å². The van der Waals surface area contributed by atoms with Crippen molar-refractivity contribution in [2.45, 2.75) is 25.3 Å². The first-order valence-corrected chi connectivity index (χ1v) is 7.30. The predicted molar refractivity (Wildman–Crippen MR) is 84.9 cm³/mol. The third-order valence-corrected chi connectivity index (χ3v) is 4.36. The molecule has 3 nitrogen and oxygen atoms in total. The van der Waals surface area contributed by atoms with E-state index in [0.717, 1.165) is 29.8 Å². The first kappa shape index (κ1) is 14.0. The van der Waals surface area contributed by atoms with Crippen LogP contribution in [0.15, 0.2) is 42.5 Å². The van der Waals surface area contributed by atoms with Crippen LogP contribution in [-0.4, -0.2) is 18.8 Å². The molecular formula is C18H21NO2. The SMILES string of the molecule is COc1ccc2c(c1)C(CO)(Nc1ccc(C)cc1)CC2. The van der Waals surface area contributed by atoms with Gasteiger partial charge in [0.1, 0.15) is 5.75 Å². The van der Waals surface area contributed by atoms with E-state index < -0.39 is 5.54 Å². The number of aliphatic hydroxyl groups is 1. The Hall–Kier alpha value is -2.00. The molecule has 0 bridgehead atoms. The van der Waals surface area contributed by atoms with Crippen LogP contribution < -0.4 is 10.1 Å². The van der Waals surface area contributed by atoms with Crippen LogP contribution in [0.4, 0.5) is 5.69 Å². The summed E-state index contributed by atoms with van der Waals surface area (Å²) in [7, 11) is 1.67. The van der Waals surface area contributed by atoms with Crippen molar-refractivity contribution in [1.29, 1.82) is 0 Å². The lowest BCUT2D eigenvalue weighted by molar-refractivity contribution is 0.211. The quantitative estimate of drug-likeness (QED) is 0.905. The lowest BCUT2D eigenvalue weighted by Crippen LogP contribution is -2.36. The van der Waals surface area contributed by atoms with Crippen molar-refractivity contribution in [3.8, 4) is 5.75 Å². The van der Waals surface area contributed by atoms with Crippen molar-refractivity contribution >= 4 is 5.69 Å². The van der Waals surface area contributed by atoms with Gasteiger partial charge in [0.15, 0.2) is 0 Å². The Morgan fingerprint density at radius 2 is 1.95 bits per heavy atom. The number of nitrogens with one attached hydrogen (secondary N) is 1. The number of fused-ring (bicyclic) bond motifs is 1. The van der Waals surface area contributed by atoms with Crippen molar-refractivity contribution in [2.24, 2.45) is 0 Å². The maximum absolute atomic E-state index is 10.0. The fraction of sp³-hybridized carbons (Fsp3) is 0.333. The zero-order valence-corrected chi connectivity index (χ0v) is 12.5. The number of hydrogen-bond acceptors (Lipinski definition) is 3. The molecule has 1 atom stereocenters. The van der Waals surface area contributed by atoms with Gasteiger partial charge in [0, 0.05) is 5.69 Å². The molecule has 1 aliphatic carbocycles. The van der Waals surface area contributed by atoms with Gasteiger partial charge in [-0.15, -0.1) is 0 Å². The molecule has 0 fully saturated rings. The summed E-state index contributed by atoms with van der Waals surface area (Å²) in [6, 6.07) is 14.4. The zero-order chi connectivity index (χ0) is 14.9. The standard InChI is InChI=1S/C18H21NO2/c1-13-3-6-15(7-4-13)19-18(12-20)10-9-14-5-8-16(21-2)11-17(14)18/h3-8,11,19-20H,9-10,12H2,1-2H3. The highest BCUT2D eigenvalue weighted by Gasteiger charge is 2.38.